The third-order valence-electron chi connectivity index (χ3n) is 1.09. The van der Waals surface area contributed by atoms with E-state index in [0.717, 1.165) is 0 Å². The minimum Gasteiger partial charge on any atom is -1.00 e. The van der Waals surface area contributed by atoms with Gasteiger partial charge in [-0.3, -0.25) is 5.43 Å². The zero-order chi connectivity index (χ0) is 8.97. The molecule has 4 nitrogen and oxygen atoms in total. The van der Waals surface area contributed by atoms with Gasteiger partial charge in [-0.1, -0.05) is 16.1 Å². The van der Waals surface area contributed by atoms with Crippen LogP contribution in [-0.4, -0.2) is 8.42 Å². The zero-order valence-corrected chi connectivity index (χ0v) is 10.4. The fraction of sp³-hybridized carbons (Fsp3) is 0. The van der Waals surface area contributed by atoms with E-state index in [1.807, 2.05) is 0 Å². The van der Waals surface area contributed by atoms with Crippen molar-refractivity contribution in [3.63, 3.8) is 0 Å². The summed E-state index contributed by atoms with van der Waals surface area (Å²) in [5, 5.41) is 0.587. The van der Waals surface area contributed by atoms with Gasteiger partial charge in [-0.15, -0.1) is 0 Å². The monoisotopic (exact) mass is 228 g/mol. The molecule has 0 amide bonds. The molecule has 0 bridgehead atoms. The summed E-state index contributed by atoms with van der Waals surface area (Å²) in [4.78, 5) is 0. The quantitative estimate of drug-likeness (QED) is 0.514. The summed E-state index contributed by atoms with van der Waals surface area (Å²) < 4.78 is 23.0. The summed E-state index contributed by atoms with van der Waals surface area (Å²) in [6, 6.07) is 6.51. The Hall–Kier alpha value is -0.0700. The van der Waals surface area contributed by atoms with Gasteiger partial charge in [0.1, 0.15) is 0 Å². The fourth-order valence-electron chi connectivity index (χ4n) is 0.614. The smallest absolute Gasteiger partial charge is 1.00 e. The molecule has 0 aromatic heterocycles. The molecule has 0 fully saturated rings. The molecule has 0 saturated heterocycles. The van der Waals surface area contributed by atoms with Crippen LogP contribution in [-0.2, 0) is 10.5 Å². The van der Waals surface area contributed by atoms with Gasteiger partial charge in [-0.05, 0) is 24.3 Å². The van der Waals surface area contributed by atoms with Crippen LogP contribution in [0.25, 0.3) is 0 Å². The third kappa shape index (κ3) is 5.28. The van der Waals surface area contributed by atoms with Crippen LogP contribution in [0.2, 0.25) is 5.02 Å². The molecule has 13 heavy (non-hydrogen) atoms. The molecule has 0 radical (unpaired) electrons. The van der Waals surface area contributed by atoms with Gasteiger partial charge >= 0.3 is 40.1 Å². The van der Waals surface area contributed by atoms with Crippen LogP contribution in [0.5, 0.6) is 0 Å². The molecule has 0 heterocycles. The Morgan fingerprint density at radius 2 is 1.85 bits per heavy atom. The van der Waals surface area contributed by atoms with Gasteiger partial charge in [0.25, 0.3) is 0 Å². The molecule has 1 aromatic rings. The van der Waals surface area contributed by atoms with Crippen LogP contribution in [0.3, 0.4) is 0 Å². The van der Waals surface area contributed by atoms with Crippen molar-refractivity contribution in [2.45, 2.75) is 0 Å². The van der Waals surface area contributed by atoms with Crippen molar-refractivity contribution in [3.8, 4) is 0 Å². The summed E-state index contributed by atoms with van der Waals surface area (Å²) in [6.07, 6.45) is 0. The molecule has 0 aliphatic carbocycles. The maximum Gasteiger partial charge on any atom is 1.00 e. The Kier molecular flexibility index (Phi) is 6.36. The number of hydrogen-bond donors (Lipinski definition) is 1. The number of halogens is 1. The van der Waals surface area contributed by atoms with Crippen molar-refractivity contribution in [2.24, 2.45) is 4.47 Å². The third-order valence-corrected chi connectivity index (χ3v) is 1.59. The molecule has 0 spiro atoms. The van der Waals surface area contributed by atoms with E-state index in [2.05, 4.69) is 9.90 Å². The van der Waals surface area contributed by atoms with Gasteiger partial charge in [0, 0.05) is 5.02 Å². The van der Waals surface area contributed by atoms with Crippen LogP contribution in [0.15, 0.2) is 28.7 Å². The van der Waals surface area contributed by atoms with E-state index in [-0.39, 0.29) is 31.0 Å². The van der Waals surface area contributed by atoms with Gasteiger partial charge < -0.3 is 1.43 Å². The molecule has 66 valence electrons. The van der Waals surface area contributed by atoms with Crippen molar-refractivity contribution >= 4 is 27.8 Å². The fourth-order valence-corrected chi connectivity index (χ4v) is 0.920. The van der Waals surface area contributed by atoms with Crippen molar-refractivity contribution in [3.05, 3.63) is 29.3 Å². The van der Waals surface area contributed by atoms with E-state index in [4.69, 9.17) is 11.6 Å². The molecule has 0 atom stereocenters. The molecular weight excluding hydrogens is 223 g/mol. The number of hydrogen-bond acceptors (Lipinski definition) is 3. The van der Waals surface area contributed by atoms with Crippen molar-refractivity contribution in [2.75, 3.05) is 5.43 Å². The Morgan fingerprint density at radius 1 is 1.31 bits per heavy atom. The molecule has 7 heteroatoms. The Bertz CT molecular complexity index is 387. The van der Waals surface area contributed by atoms with E-state index in [1.165, 1.54) is 0 Å². The van der Waals surface area contributed by atoms with Gasteiger partial charge in [0.2, 0.25) is 0 Å². The van der Waals surface area contributed by atoms with Crippen LogP contribution >= 0.6 is 11.6 Å². The maximum atomic E-state index is 9.98. The van der Waals surface area contributed by atoms with E-state index < -0.39 is 10.5 Å². The number of anilines is 1. The largest absolute Gasteiger partial charge is 1.00 e. The van der Waals surface area contributed by atoms with E-state index in [9.17, 15) is 8.42 Å². The zero-order valence-electron chi connectivity index (χ0n) is 7.86. The first kappa shape index (κ1) is 12.9. The van der Waals surface area contributed by atoms with Crippen LogP contribution in [0.4, 0.5) is 5.69 Å². The number of rotatable bonds is 2. The van der Waals surface area contributed by atoms with Crippen LogP contribution in [0.1, 0.15) is 1.43 Å². The average Bonchev–Trinajstić information content (AvgIpc) is 2.03. The first-order valence-corrected chi connectivity index (χ1v) is 4.41. The number of benzene rings is 1. The molecule has 0 unspecified atom stereocenters. The van der Waals surface area contributed by atoms with Crippen LogP contribution in [0, 0.1) is 0 Å². The van der Waals surface area contributed by atoms with E-state index in [1.54, 1.807) is 24.3 Å². The Morgan fingerprint density at radius 3 is 2.31 bits per heavy atom. The maximum absolute atomic E-state index is 9.98. The predicted molar refractivity (Wildman–Crippen MR) is 47.5 cm³/mol. The summed E-state index contributed by atoms with van der Waals surface area (Å²) >= 11 is 5.59. The van der Waals surface area contributed by atoms with Gasteiger partial charge in [0.15, 0.2) is 0 Å². The SMILES string of the molecule is O=S(=O)=NNc1ccc(Cl)cc1.[H-].[Na+]. The van der Waals surface area contributed by atoms with E-state index >= 15 is 0 Å². The molecular formula is C6H6ClN2NaO2S. The first-order chi connectivity index (χ1) is 5.68. The normalized spacial score (nSPS) is 8.38. The van der Waals surface area contributed by atoms with Crippen molar-refractivity contribution in [1.29, 1.82) is 0 Å². The summed E-state index contributed by atoms with van der Waals surface area (Å²) in [7, 11) is -2.44. The predicted octanol–water partition coefficient (Wildman–Crippen LogP) is -1.15. The van der Waals surface area contributed by atoms with Crippen molar-refractivity contribution in [1.82, 2.24) is 0 Å². The Labute approximate surface area is 106 Å². The second-order valence-corrected chi connectivity index (χ2v) is 2.98. The summed E-state index contributed by atoms with van der Waals surface area (Å²) in [6.45, 7) is 0. The average molecular weight is 229 g/mol. The summed E-state index contributed by atoms with van der Waals surface area (Å²) in [5.41, 5.74) is 2.90. The molecule has 1 aromatic carbocycles. The second-order valence-electron chi connectivity index (χ2n) is 1.93. The number of nitrogens with zero attached hydrogens (tertiary/aromatic N) is 1. The van der Waals surface area contributed by atoms with Gasteiger partial charge in [-0.25, -0.2) is 0 Å². The van der Waals surface area contributed by atoms with Crippen LogP contribution < -0.4 is 35.0 Å². The van der Waals surface area contributed by atoms with E-state index in [0.29, 0.717) is 10.7 Å². The molecule has 0 saturated carbocycles. The number of nitrogens with one attached hydrogen (secondary N) is 1. The van der Waals surface area contributed by atoms with Crippen molar-refractivity contribution < 1.29 is 39.4 Å². The molecule has 0 aliphatic heterocycles. The molecule has 1 rings (SSSR count). The standard InChI is InChI=1S/C6H5ClN2O2S.Na.H/c7-5-1-3-6(4-2-5)8-9-12(10)11;;/h1-4,8H;;/q;+1;-1. The second kappa shape index (κ2) is 6.39. The van der Waals surface area contributed by atoms with Gasteiger partial charge in [0.05, 0.1) is 5.69 Å². The minimum absolute atomic E-state index is 0. The Balaban J connectivity index is 0. The van der Waals surface area contributed by atoms with Gasteiger partial charge in [-0.2, -0.15) is 8.42 Å². The topological polar surface area (TPSA) is 58.5 Å². The minimum atomic E-state index is -2.44. The summed E-state index contributed by atoms with van der Waals surface area (Å²) in [5.74, 6) is 0. The molecule has 1 N–H and O–H groups in total. The molecule has 0 aliphatic rings. The first-order valence-electron chi connectivity index (χ1n) is 3.00.